The molecule has 0 spiro atoms. The number of sulfonamides is 1. The van der Waals surface area contributed by atoms with Crippen LogP contribution in [0.1, 0.15) is 5.56 Å². The summed E-state index contributed by atoms with van der Waals surface area (Å²) in [6.07, 6.45) is 3.04. The van der Waals surface area contributed by atoms with E-state index in [-0.39, 0.29) is 10.8 Å². The molecule has 30 heavy (non-hydrogen) atoms. The van der Waals surface area contributed by atoms with E-state index in [0.717, 1.165) is 5.56 Å². The van der Waals surface area contributed by atoms with Crippen molar-refractivity contribution in [3.8, 4) is 5.75 Å². The van der Waals surface area contributed by atoms with Gasteiger partial charge in [-0.2, -0.15) is 0 Å². The second-order valence-electron chi connectivity index (χ2n) is 6.21. The molecular weight excluding hydrogens is 424 g/mol. The Morgan fingerprint density at radius 3 is 2.43 bits per heavy atom. The molecule has 0 bridgehead atoms. The SMILES string of the molecule is COc1cccc(/C=C/C(=O)Nc2ccc(S(=O)(=O)Nc3ccccc3Cl)cc2)c1. The number of para-hydroxylation sites is 1. The molecule has 0 aliphatic heterocycles. The first-order chi connectivity index (χ1) is 14.4. The lowest BCUT2D eigenvalue weighted by Gasteiger charge is -2.10. The van der Waals surface area contributed by atoms with Crippen LogP contribution in [0.4, 0.5) is 11.4 Å². The van der Waals surface area contributed by atoms with Crippen LogP contribution < -0.4 is 14.8 Å². The number of methoxy groups -OCH3 is 1. The third-order valence-corrected chi connectivity index (χ3v) is 5.78. The number of amides is 1. The van der Waals surface area contributed by atoms with Crippen molar-refractivity contribution in [2.75, 3.05) is 17.1 Å². The van der Waals surface area contributed by atoms with Crippen molar-refractivity contribution in [2.45, 2.75) is 4.90 Å². The van der Waals surface area contributed by atoms with Gasteiger partial charge in [0, 0.05) is 11.8 Å². The number of carbonyl (C=O) groups excluding carboxylic acids is 1. The van der Waals surface area contributed by atoms with Gasteiger partial charge in [0.2, 0.25) is 5.91 Å². The predicted octanol–water partition coefficient (Wildman–Crippen LogP) is 4.80. The molecule has 8 heteroatoms. The molecule has 154 valence electrons. The van der Waals surface area contributed by atoms with E-state index in [1.165, 1.54) is 30.3 Å². The smallest absolute Gasteiger partial charge is 0.261 e. The minimum Gasteiger partial charge on any atom is -0.497 e. The molecule has 6 nitrogen and oxygen atoms in total. The minimum atomic E-state index is -3.81. The van der Waals surface area contributed by atoms with Crippen molar-refractivity contribution in [3.05, 3.63) is 89.5 Å². The van der Waals surface area contributed by atoms with E-state index >= 15 is 0 Å². The number of hydrogen-bond acceptors (Lipinski definition) is 4. The van der Waals surface area contributed by atoms with Gasteiger partial charge in [0.15, 0.2) is 0 Å². The van der Waals surface area contributed by atoms with Crippen LogP contribution in [0.5, 0.6) is 5.75 Å². The molecule has 0 unspecified atom stereocenters. The van der Waals surface area contributed by atoms with Gasteiger partial charge in [-0.05, 0) is 60.2 Å². The lowest BCUT2D eigenvalue weighted by atomic mass is 10.2. The highest BCUT2D eigenvalue weighted by atomic mass is 35.5. The fourth-order valence-corrected chi connectivity index (χ4v) is 3.88. The summed E-state index contributed by atoms with van der Waals surface area (Å²) in [5.74, 6) is 0.349. The van der Waals surface area contributed by atoms with E-state index in [2.05, 4.69) is 10.0 Å². The summed E-state index contributed by atoms with van der Waals surface area (Å²) in [6.45, 7) is 0. The number of carbonyl (C=O) groups is 1. The van der Waals surface area contributed by atoms with Crippen LogP contribution >= 0.6 is 11.6 Å². The van der Waals surface area contributed by atoms with Crippen LogP contribution in [0.25, 0.3) is 6.08 Å². The highest BCUT2D eigenvalue weighted by molar-refractivity contribution is 7.92. The number of rotatable bonds is 7. The Morgan fingerprint density at radius 1 is 1.00 bits per heavy atom. The standard InChI is InChI=1S/C22H19ClN2O4S/c1-29-18-6-4-5-16(15-18)9-14-22(26)24-17-10-12-19(13-11-17)30(27,28)25-21-8-3-2-7-20(21)23/h2-15,25H,1H3,(H,24,26)/b14-9+. The van der Waals surface area contributed by atoms with Gasteiger partial charge >= 0.3 is 0 Å². The Balaban J connectivity index is 1.65. The second-order valence-corrected chi connectivity index (χ2v) is 8.30. The average molecular weight is 443 g/mol. The van der Waals surface area contributed by atoms with Crippen LogP contribution in [-0.2, 0) is 14.8 Å². The maximum absolute atomic E-state index is 12.5. The maximum atomic E-state index is 12.5. The van der Waals surface area contributed by atoms with Gasteiger partial charge in [0.1, 0.15) is 5.75 Å². The van der Waals surface area contributed by atoms with Crippen LogP contribution in [0.3, 0.4) is 0 Å². The summed E-state index contributed by atoms with van der Waals surface area (Å²) in [5.41, 5.74) is 1.57. The Bertz CT molecular complexity index is 1180. The number of ether oxygens (including phenoxy) is 1. The molecule has 0 fully saturated rings. The molecule has 3 aromatic carbocycles. The van der Waals surface area contributed by atoms with Gasteiger partial charge < -0.3 is 10.1 Å². The van der Waals surface area contributed by atoms with Crippen LogP contribution in [0.15, 0.2) is 83.8 Å². The Morgan fingerprint density at radius 2 is 1.73 bits per heavy atom. The van der Waals surface area contributed by atoms with Crippen molar-refractivity contribution in [3.63, 3.8) is 0 Å². The summed E-state index contributed by atoms with van der Waals surface area (Å²) < 4.78 is 32.6. The van der Waals surface area contributed by atoms with Crippen molar-refractivity contribution in [2.24, 2.45) is 0 Å². The number of benzene rings is 3. The zero-order valence-corrected chi connectivity index (χ0v) is 17.6. The molecule has 0 saturated carbocycles. The Kier molecular flexibility index (Phi) is 6.76. The molecule has 0 saturated heterocycles. The van der Waals surface area contributed by atoms with E-state index in [1.807, 2.05) is 18.2 Å². The summed E-state index contributed by atoms with van der Waals surface area (Å²) in [4.78, 5) is 12.2. The summed E-state index contributed by atoms with van der Waals surface area (Å²) in [6, 6.07) is 19.7. The number of hydrogen-bond donors (Lipinski definition) is 2. The fourth-order valence-electron chi connectivity index (χ4n) is 2.57. The number of anilines is 2. The molecule has 1 amide bonds. The Hall–Kier alpha value is -3.29. The predicted molar refractivity (Wildman–Crippen MR) is 119 cm³/mol. The molecule has 0 aliphatic carbocycles. The molecule has 0 heterocycles. The Labute approximate surface area is 180 Å². The van der Waals surface area contributed by atoms with Crippen molar-refractivity contribution in [1.29, 1.82) is 0 Å². The molecule has 0 aromatic heterocycles. The molecule has 0 aliphatic rings. The minimum absolute atomic E-state index is 0.0485. The van der Waals surface area contributed by atoms with Gasteiger partial charge in [0.25, 0.3) is 10.0 Å². The summed E-state index contributed by atoms with van der Waals surface area (Å²) >= 11 is 6.00. The first-order valence-electron chi connectivity index (χ1n) is 8.88. The largest absolute Gasteiger partial charge is 0.497 e. The number of halogens is 1. The maximum Gasteiger partial charge on any atom is 0.261 e. The summed E-state index contributed by atoms with van der Waals surface area (Å²) in [5, 5.41) is 2.98. The van der Waals surface area contributed by atoms with Gasteiger partial charge in [-0.25, -0.2) is 8.42 Å². The van der Waals surface area contributed by atoms with Gasteiger partial charge in [-0.15, -0.1) is 0 Å². The lowest BCUT2D eigenvalue weighted by molar-refractivity contribution is -0.111. The highest BCUT2D eigenvalue weighted by Gasteiger charge is 2.15. The third kappa shape index (κ3) is 5.62. The van der Waals surface area contributed by atoms with Crippen molar-refractivity contribution in [1.82, 2.24) is 0 Å². The number of nitrogens with one attached hydrogen (secondary N) is 2. The molecular formula is C22H19ClN2O4S. The lowest BCUT2D eigenvalue weighted by Crippen LogP contribution is -2.13. The molecule has 3 rings (SSSR count). The van der Waals surface area contributed by atoms with Gasteiger partial charge in [0.05, 0.1) is 22.7 Å². The second kappa shape index (κ2) is 9.47. The van der Waals surface area contributed by atoms with Gasteiger partial charge in [-0.3, -0.25) is 9.52 Å². The average Bonchev–Trinajstić information content (AvgIpc) is 2.74. The topological polar surface area (TPSA) is 84.5 Å². The van der Waals surface area contributed by atoms with Crippen LogP contribution in [0, 0.1) is 0 Å². The fraction of sp³-hybridized carbons (Fsp3) is 0.0455. The van der Waals surface area contributed by atoms with E-state index in [4.69, 9.17) is 16.3 Å². The monoisotopic (exact) mass is 442 g/mol. The van der Waals surface area contributed by atoms with Crippen LogP contribution in [0.2, 0.25) is 5.02 Å². The van der Waals surface area contributed by atoms with E-state index in [1.54, 1.807) is 43.5 Å². The zero-order chi connectivity index (χ0) is 21.6. The van der Waals surface area contributed by atoms with Crippen molar-refractivity contribution >= 4 is 45.0 Å². The van der Waals surface area contributed by atoms with Crippen LogP contribution in [-0.4, -0.2) is 21.4 Å². The van der Waals surface area contributed by atoms with E-state index < -0.39 is 10.0 Å². The molecule has 2 N–H and O–H groups in total. The first-order valence-corrected chi connectivity index (χ1v) is 10.7. The molecule has 0 radical (unpaired) electrons. The van der Waals surface area contributed by atoms with E-state index in [0.29, 0.717) is 22.1 Å². The highest BCUT2D eigenvalue weighted by Crippen LogP contribution is 2.24. The quantitative estimate of drug-likeness (QED) is 0.514. The molecule has 0 atom stereocenters. The third-order valence-electron chi connectivity index (χ3n) is 4.07. The normalized spacial score (nSPS) is 11.3. The van der Waals surface area contributed by atoms with Crippen molar-refractivity contribution < 1.29 is 17.9 Å². The molecule has 3 aromatic rings. The first kappa shape index (κ1) is 21.4. The zero-order valence-electron chi connectivity index (χ0n) is 16.0. The van der Waals surface area contributed by atoms with Gasteiger partial charge in [-0.1, -0.05) is 35.9 Å². The summed E-state index contributed by atoms with van der Waals surface area (Å²) in [7, 11) is -2.23. The van der Waals surface area contributed by atoms with E-state index in [9.17, 15) is 13.2 Å².